The molecule has 0 saturated heterocycles. The van der Waals surface area contributed by atoms with E-state index in [1.165, 1.54) is 51.7 Å². The Hall–Kier alpha value is -0.0800. The maximum Gasteiger partial charge on any atom is 0.00682 e. The third-order valence-corrected chi connectivity index (χ3v) is 3.12. The van der Waals surface area contributed by atoms with E-state index in [9.17, 15) is 0 Å². The van der Waals surface area contributed by atoms with Crippen molar-refractivity contribution in [1.29, 1.82) is 0 Å². The third-order valence-electron chi connectivity index (χ3n) is 3.12. The molecule has 0 amide bonds. The molecule has 1 saturated carbocycles. The van der Waals surface area contributed by atoms with Crippen LogP contribution in [0.15, 0.2) is 0 Å². The van der Waals surface area contributed by atoms with Gasteiger partial charge in [0.15, 0.2) is 0 Å². The molecule has 1 N–H and O–H groups in total. The summed E-state index contributed by atoms with van der Waals surface area (Å²) in [5.74, 6) is 0. The second-order valence-corrected chi connectivity index (χ2v) is 5.07. The van der Waals surface area contributed by atoms with Gasteiger partial charge >= 0.3 is 0 Å². The van der Waals surface area contributed by atoms with Gasteiger partial charge in [-0.2, -0.15) is 0 Å². The van der Waals surface area contributed by atoms with Crippen molar-refractivity contribution >= 4 is 0 Å². The van der Waals surface area contributed by atoms with Crippen molar-refractivity contribution in [1.82, 2.24) is 10.2 Å². The van der Waals surface area contributed by atoms with E-state index in [0.717, 1.165) is 6.04 Å². The van der Waals surface area contributed by atoms with E-state index in [-0.39, 0.29) is 0 Å². The van der Waals surface area contributed by atoms with Crippen LogP contribution >= 0.6 is 0 Å². The Balaban J connectivity index is 1.94. The minimum absolute atomic E-state index is 0.710. The highest BCUT2D eigenvalue weighted by Crippen LogP contribution is 2.18. The molecule has 2 nitrogen and oxygen atoms in total. The van der Waals surface area contributed by atoms with E-state index in [4.69, 9.17) is 0 Å². The molecule has 0 aliphatic heterocycles. The first-order valence-electron chi connectivity index (χ1n) is 6.71. The van der Waals surface area contributed by atoms with Gasteiger partial charge in [0, 0.05) is 12.1 Å². The van der Waals surface area contributed by atoms with E-state index in [1.54, 1.807) is 0 Å². The summed E-state index contributed by atoms with van der Waals surface area (Å²) in [4.78, 5) is 2.59. The zero-order chi connectivity index (χ0) is 11.1. The molecule has 1 aliphatic rings. The Bertz CT molecular complexity index is 153. The van der Waals surface area contributed by atoms with Gasteiger partial charge in [-0.1, -0.05) is 6.92 Å². The van der Waals surface area contributed by atoms with Crippen LogP contribution in [-0.2, 0) is 0 Å². The summed E-state index contributed by atoms with van der Waals surface area (Å²) >= 11 is 0. The Labute approximate surface area is 95.4 Å². The Morgan fingerprint density at radius 3 is 2.47 bits per heavy atom. The molecule has 1 aliphatic carbocycles. The lowest BCUT2D eigenvalue weighted by atomic mass is 10.2. The van der Waals surface area contributed by atoms with Gasteiger partial charge in [-0.15, -0.1) is 0 Å². The first-order chi connectivity index (χ1) is 7.24. The minimum atomic E-state index is 0.710. The maximum atomic E-state index is 3.57. The number of rotatable bonds is 9. The molecule has 0 aromatic heterocycles. The van der Waals surface area contributed by atoms with Crippen LogP contribution in [0, 0.1) is 0 Å². The molecular formula is C13H28N2. The molecule has 1 rings (SSSR count). The van der Waals surface area contributed by atoms with Gasteiger partial charge in [-0.25, -0.2) is 0 Å². The molecular weight excluding hydrogens is 184 g/mol. The molecule has 0 atom stereocenters. The molecule has 1 fully saturated rings. The topological polar surface area (TPSA) is 15.3 Å². The number of nitrogens with zero attached hydrogens (tertiary/aromatic N) is 1. The molecule has 0 bridgehead atoms. The highest BCUT2D eigenvalue weighted by molar-refractivity contribution is 4.80. The Morgan fingerprint density at radius 2 is 1.93 bits per heavy atom. The summed E-state index contributed by atoms with van der Waals surface area (Å²) in [7, 11) is 0. The summed E-state index contributed by atoms with van der Waals surface area (Å²) < 4.78 is 0. The lowest BCUT2D eigenvalue weighted by molar-refractivity contribution is 0.217. The fourth-order valence-electron chi connectivity index (χ4n) is 1.95. The van der Waals surface area contributed by atoms with Gasteiger partial charge in [0.2, 0.25) is 0 Å². The standard InChI is InChI=1S/C13H28N2/c1-4-10-15(12(2)3)11-6-5-9-14-13-7-8-13/h12-14H,4-11H2,1-3H3. The molecule has 0 aromatic rings. The molecule has 0 unspecified atom stereocenters. The van der Waals surface area contributed by atoms with Gasteiger partial charge in [-0.3, -0.25) is 0 Å². The number of hydrogen-bond acceptors (Lipinski definition) is 2. The van der Waals surface area contributed by atoms with E-state index < -0.39 is 0 Å². The largest absolute Gasteiger partial charge is 0.314 e. The van der Waals surface area contributed by atoms with Crippen molar-refractivity contribution < 1.29 is 0 Å². The van der Waals surface area contributed by atoms with E-state index in [0.29, 0.717) is 6.04 Å². The van der Waals surface area contributed by atoms with Crippen LogP contribution in [0.5, 0.6) is 0 Å². The van der Waals surface area contributed by atoms with Crippen LogP contribution in [0.25, 0.3) is 0 Å². The summed E-state index contributed by atoms with van der Waals surface area (Å²) in [6, 6.07) is 1.59. The number of nitrogens with one attached hydrogen (secondary N) is 1. The van der Waals surface area contributed by atoms with Crippen LogP contribution in [0.4, 0.5) is 0 Å². The lowest BCUT2D eigenvalue weighted by Crippen LogP contribution is -2.33. The van der Waals surface area contributed by atoms with Gasteiger partial charge in [0.05, 0.1) is 0 Å². The summed E-state index contributed by atoms with van der Waals surface area (Å²) in [5.41, 5.74) is 0. The van der Waals surface area contributed by atoms with Crippen molar-refractivity contribution in [3.63, 3.8) is 0 Å². The molecule has 0 aromatic carbocycles. The number of unbranched alkanes of at least 4 members (excludes halogenated alkanes) is 1. The number of hydrogen-bond donors (Lipinski definition) is 1. The zero-order valence-corrected chi connectivity index (χ0v) is 10.8. The Kier molecular flexibility index (Phi) is 6.26. The molecule has 2 heteroatoms. The van der Waals surface area contributed by atoms with E-state index in [1.807, 2.05) is 0 Å². The highest BCUT2D eigenvalue weighted by atomic mass is 15.1. The van der Waals surface area contributed by atoms with Crippen LogP contribution in [0.3, 0.4) is 0 Å². The van der Waals surface area contributed by atoms with Crippen molar-refractivity contribution in [3.05, 3.63) is 0 Å². The zero-order valence-electron chi connectivity index (χ0n) is 10.8. The Morgan fingerprint density at radius 1 is 1.20 bits per heavy atom. The monoisotopic (exact) mass is 212 g/mol. The average Bonchev–Trinajstić information content (AvgIpc) is 2.99. The molecule has 90 valence electrons. The predicted octanol–water partition coefficient (Wildman–Crippen LogP) is 2.64. The highest BCUT2D eigenvalue weighted by Gasteiger charge is 2.19. The molecule has 15 heavy (non-hydrogen) atoms. The summed E-state index contributed by atoms with van der Waals surface area (Å²) in [5, 5.41) is 3.57. The van der Waals surface area contributed by atoms with Crippen molar-refractivity contribution in [2.75, 3.05) is 19.6 Å². The fourth-order valence-corrected chi connectivity index (χ4v) is 1.95. The summed E-state index contributed by atoms with van der Waals surface area (Å²) in [6.07, 6.45) is 6.78. The fraction of sp³-hybridized carbons (Fsp3) is 1.00. The average molecular weight is 212 g/mol. The van der Waals surface area contributed by atoms with Crippen LogP contribution < -0.4 is 5.32 Å². The lowest BCUT2D eigenvalue weighted by Gasteiger charge is -2.25. The molecule has 0 heterocycles. The second kappa shape index (κ2) is 7.24. The van der Waals surface area contributed by atoms with E-state index in [2.05, 4.69) is 31.0 Å². The normalized spacial score (nSPS) is 16.6. The van der Waals surface area contributed by atoms with Crippen molar-refractivity contribution in [3.8, 4) is 0 Å². The second-order valence-electron chi connectivity index (χ2n) is 5.07. The van der Waals surface area contributed by atoms with Crippen LogP contribution in [0.2, 0.25) is 0 Å². The SMILES string of the molecule is CCCN(CCCCNC1CC1)C(C)C. The van der Waals surface area contributed by atoms with Crippen LogP contribution in [0.1, 0.15) is 52.9 Å². The first kappa shape index (κ1) is 13.0. The summed E-state index contributed by atoms with van der Waals surface area (Å²) in [6.45, 7) is 10.6. The smallest absolute Gasteiger partial charge is 0.00682 e. The van der Waals surface area contributed by atoms with Crippen molar-refractivity contribution in [2.45, 2.75) is 65.0 Å². The molecule has 0 radical (unpaired) electrons. The third kappa shape index (κ3) is 6.16. The first-order valence-corrected chi connectivity index (χ1v) is 6.71. The van der Waals surface area contributed by atoms with Crippen molar-refractivity contribution in [2.24, 2.45) is 0 Å². The van der Waals surface area contributed by atoms with Gasteiger partial charge < -0.3 is 10.2 Å². The maximum absolute atomic E-state index is 3.57. The van der Waals surface area contributed by atoms with Gasteiger partial charge in [0.1, 0.15) is 0 Å². The predicted molar refractivity (Wildman–Crippen MR) is 67.3 cm³/mol. The van der Waals surface area contributed by atoms with E-state index >= 15 is 0 Å². The van der Waals surface area contributed by atoms with Gasteiger partial charge in [-0.05, 0) is 65.6 Å². The van der Waals surface area contributed by atoms with Crippen LogP contribution in [-0.4, -0.2) is 36.6 Å². The minimum Gasteiger partial charge on any atom is -0.314 e. The van der Waals surface area contributed by atoms with Gasteiger partial charge in [0.25, 0.3) is 0 Å². The quantitative estimate of drug-likeness (QED) is 0.591. The molecule has 0 spiro atoms.